The summed E-state index contributed by atoms with van der Waals surface area (Å²) in [6, 6.07) is 0. The summed E-state index contributed by atoms with van der Waals surface area (Å²) in [7, 11) is 0. The molecule has 4 aliphatic heterocycles. The van der Waals surface area contributed by atoms with E-state index in [0.29, 0.717) is 0 Å². The highest BCUT2D eigenvalue weighted by molar-refractivity contribution is 5.73. The molecule has 0 spiro atoms. The quantitative estimate of drug-likeness (QED) is 0.115. The normalized spacial score (nSPS) is 52.7. The summed E-state index contributed by atoms with van der Waals surface area (Å²) >= 11 is 0. The SMILES string of the molecule is CC1O[C@@H](O[C@@H]2C(C)O[C@@H](C)C(O[C@H]3OC(C(=O)O)[C@@H](O)[C@@H](O)C3O)[C@H]2O)C(O[C@H]2OC(C(=O)O)[C@@H](O)[C@@H](O)C2O)[C@@H](O)[C@@H]1O. The van der Waals surface area contributed by atoms with Gasteiger partial charge >= 0.3 is 11.9 Å². The van der Waals surface area contributed by atoms with Crippen molar-refractivity contribution in [2.24, 2.45) is 0 Å². The molecule has 0 radical (unpaired) electrons. The molecule has 260 valence electrons. The Morgan fingerprint density at radius 3 is 1.24 bits per heavy atom. The van der Waals surface area contributed by atoms with Crippen LogP contribution < -0.4 is 0 Å². The third-order valence-electron chi connectivity index (χ3n) is 8.31. The summed E-state index contributed by atoms with van der Waals surface area (Å²) in [6.45, 7) is 4.30. The van der Waals surface area contributed by atoms with Gasteiger partial charge in [0.1, 0.15) is 73.2 Å². The van der Waals surface area contributed by atoms with Gasteiger partial charge in [-0.1, -0.05) is 0 Å². The molecule has 0 aromatic heterocycles. The van der Waals surface area contributed by atoms with Gasteiger partial charge in [0.25, 0.3) is 0 Å². The van der Waals surface area contributed by atoms with E-state index in [-0.39, 0.29) is 0 Å². The molecule has 0 aromatic rings. The average molecular weight is 661 g/mol. The molecule has 4 saturated heterocycles. The number of ether oxygens (including phenoxy) is 7. The van der Waals surface area contributed by atoms with Gasteiger partial charge in [-0.25, -0.2) is 9.59 Å². The molecule has 20 nitrogen and oxygen atoms in total. The van der Waals surface area contributed by atoms with Gasteiger partial charge in [-0.2, -0.15) is 0 Å². The Bertz CT molecular complexity index is 1030. The van der Waals surface area contributed by atoms with Crippen LogP contribution in [0.25, 0.3) is 0 Å². The molecule has 20 heteroatoms. The minimum Gasteiger partial charge on any atom is -0.479 e. The largest absolute Gasteiger partial charge is 0.479 e. The van der Waals surface area contributed by atoms with Gasteiger partial charge < -0.3 is 89.3 Å². The lowest BCUT2D eigenvalue weighted by atomic mass is 9.94. The molecule has 45 heavy (non-hydrogen) atoms. The number of aliphatic carboxylic acids is 2. The van der Waals surface area contributed by atoms with Crippen molar-refractivity contribution in [1.29, 1.82) is 0 Å². The summed E-state index contributed by atoms with van der Waals surface area (Å²) in [6.07, 6.45) is -34.5. The number of hydrogen-bond donors (Lipinski definition) is 11. The zero-order valence-electron chi connectivity index (χ0n) is 24.1. The fourth-order valence-electron chi connectivity index (χ4n) is 5.67. The van der Waals surface area contributed by atoms with Crippen molar-refractivity contribution in [2.75, 3.05) is 0 Å². The molecule has 4 rings (SSSR count). The van der Waals surface area contributed by atoms with Crippen molar-refractivity contribution < 1.29 is 98.9 Å². The Morgan fingerprint density at radius 2 is 0.822 bits per heavy atom. The minimum absolute atomic E-state index is 0.959. The van der Waals surface area contributed by atoms with Crippen molar-refractivity contribution in [3.63, 3.8) is 0 Å². The lowest BCUT2D eigenvalue weighted by Crippen LogP contribution is -2.67. The van der Waals surface area contributed by atoms with Crippen LogP contribution in [0.1, 0.15) is 20.8 Å². The van der Waals surface area contributed by atoms with E-state index in [2.05, 4.69) is 0 Å². The molecule has 8 unspecified atom stereocenters. The highest BCUT2D eigenvalue weighted by Gasteiger charge is 2.55. The van der Waals surface area contributed by atoms with Crippen LogP contribution in [0.2, 0.25) is 0 Å². The number of carbonyl (C=O) groups is 2. The number of aliphatic hydroxyl groups excluding tert-OH is 9. The first-order chi connectivity index (χ1) is 21.0. The van der Waals surface area contributed by atoms with Gasteiger partial charge in [-0.3, -0.25) is 0 Å². The fraction of sp³-hybridized carbons (Fsp3) is 0.920. The zero-order valence-corrected chi connectivity index (χ0v) is 24.1. The van der Waals surface area contributed by atoms with Crippen molar-refractivity contribution in [2.45, 2.75) is 143 Å². The standard InChI is InChI=1S/C25H40O20/c1-4-7(26)10(29)20(45-24-14(33)9(28)12(31)19(44-24)22(37)38)25(40-4)42-17-6(3)39-5(2)16(15(17)34)41-23-13(32)8(27)11(30)18(43-23)21(35)36/h4-20,23-34H,1-3H3,(H,35,36)(H,37,38)/t4?,5-,6?,7+,8+,9+,10-,11-,12-,13?,14?,15+,16?,17+,18?,19?,20?,23-,24+,25-/m0/s1. The second kappa shape index (κ2) is 14.2. The number of carboxylic acids is 2. The van der Waals surface area contributed by atoms with Crippen LogP contribution in [0.4, 0.5) is 0 Å². The van der Waals surface area contributed by atoms with Crippen LogP contribution >= 0.6 is 0 Å². The van der Waals surface area contributed by atoms with E-state index in [9.17, 15) is 65.8 Å². The molecule has 4 aliphatic rings. The number of aliphatic hydroxyl groups is 9. The van der Waals surface area contributed by atoms with Crippen LogP contribution in [-0.2, 0) is 42.7 Å². The number of rotatable bonds is 8. The van der Waals surface area contributed by atoms with Gasteiger partial charge in [0.05, 0.1) is 18.3 Å². The molecule has 0 aromatic carbocycles. The van der Waals surface area contributed by atoms with Crippen molar-refractivity contribution >= 4 is 11.9 Å². The van der Waals surface area contributed by atoms with Gasteiger partial charge in [-0.15, -0.1) is 0 Å². The van der Waals surface area contributed by atoms with Gasteiger partial charge in [-0.05, 0) is 20.8 Å². The maximum atomic E-state index is 11.5. The van der Waals surface area contributed by atoms with Gasteiger partial charge in [0.2, 0.25) is 0 Å². The summed E-state index contributed by atoms with van der Waals surface area (Å²) in [4.78, 5) is 23.0. The molecular formula is C25H40O20. The lowest BCUT2D eigenvalue weighted by molar-refractivity contribution is -0.381. The molecule has 4 heterocycles. The van der Waals surface area contributed by atoms with Crippen LogP contribution in [0.15, 0.2) is 0 Å². The lowest BCUT2D eigenvalue weighted by Gasteiger charge is -2.49. The smallest absolute Gasteiger partial charge is 0.335 e. The Hall–Kier alpha value is -1.70. The van der Waals surface area contributed by atoms with E-state index >= 15 is 0 Å². The fourth-order valence-corrected chi connectivity index (χ4v) is 5.67. The maximum absolute atomic E-state index is 11.5. The highest BCUT2D eigenvalue weighted by Crippen LogP contribution is 2.34. The molecule has 0 saturated carbocycles. The van der Waals surface area contributed by atoms with E-state index in [4.69, 9.17) is 33.2 Å². The third kappa shape index (κ3) is 7.11. The Morgan fingerprint density at radius 1 is 0.422 bits per heavy atom. The molecular weight excluding hydrogens is 620 g/mol. The van der Waals surface area contributed by atoms with Crippen LogP contribution in [0, 0.1) is 0 Å². The summed E-state index contributed by atoms with van der Waals surface area (Å²) in [5, 5.41) is 112. The topological polar surface area (TPSA) is 321 Å². The number of carboxylic acid groups (broad SMARTS) is 2. The summed E-state index contributed by atoms with van der Waals surface area (Å²) in [5.74, 6) is -3.37. The molecule has 11 N–H and O–H groups in total. The summed E-state index contributed by atoms with van der Waals surface area (Å²) < 4.78 is 38.8. The van der Waals surface area contributed by atoms with Crippen molar-refractivity contribution in [3.8, 4) is 0 Å². The van der Waals surface area contributed by atoms with E-state index in [1.54, 1.807) is 0 Å². The second-order valence-electron chi connectivity index (χ2n) is 11.5. The Balaban J connectivity index is 1.54. The van der Waals surface area contributed by atoms with Crippen LogP contribution in [0.3, 0.4) is 0 Å². The molecule has 0 bridgehead atoms. The first-order valence-electron chi connectivity index (χ1n) is 14.1. The summed E-state index contributed by atoms with van der Waals surface area (Å²) in [5.41, 5.74) is 0. The first kappa shape index (κ1) is 36.1. The van der Waals surface area contributed by atoms with Crippen molar-refractivity contribution in [3.05, 3.63) is 0 Å². The van der Waals surface area contributed by atoms with Crippen LogP contribution in [-0.4, -0.2) is 191 Å². The Kier molecular flexibility index (Phi) is 11.4. The van der Waals surface area contributed by atoms with E-state index < -0.39 is 135 Å². The number of hydrogen-bond acceptors (Lipinski definition) is 18. The molecule has 0 aliphatic carbocycles. The first-order valence-corrected chi connectivity index (χ1v) is 14.1. The van der Waals surface area contributed by atoms with E-state index in [1.165, 1.54) is 20.8 Å². The van der Waals surface area contributed by atoms with Crippen LogP contribution in [0.5, 0.6) is 0 Å². The predicted octanol–water partition coefficient (Wildman–Crippen LogP) is -6.44. The highest BCUT2D eigenvalue weighted by atomic mass is 16.8. The van der Waals surface area contributed by atoms with E-state index in [1.807, 2.05) is 0 Å². The minimum atomic E-state index is -2.06. The van der Waals surface area contributed by atoms with Crippen molar-refractivity contribution in [1.82, 2.24) is 0 Å². The maximum Gasteiger partial charge on any atom is 0.335 e. The zero-order chi connectivity index (χ0) is 33.7. The molecule has 0 amide bonds. The average Bonchev–Trinajstić information content (AvgIpc) is 2.97. The molecule has 20 atom stereocenters. The predicted molar refractivity (Wildman–Crippen MR) is 136 cm³/mol. The van der Waals surface area contributed by atoms with E-state index in [0.717, 1.165) is 0 Å². The van der Waals surface area contributed by atoms with Gasteiger partial charge in [0, 0.05) is 0 Å². The second-order valence-corrected chi connectivity index (χ2v) is 11.5. The van der Waals surface area contributed by atoms with Gasteiger partial charge in [0.15, 0.2) is 31.1 Å². The monoisotopic (exact) mass is 660 g/mol. The Labute approximate surface area is 254 Å². The molecule has 4 fully saturated rings. The third-order valence-corrected chi connectivity index (χ3v) is 8.31.